The Bertz CT molecular complexity index is 942. The summed E-state index contributed by atoms with van der Waals surface area (Å²) < 4.78 is 0. The molecule has 7 nitrogen and oxygen atoms in total. The van der Waals surface area contributed by atoms with Gasteiger partial charge in [-0.05, 0) is 49.6 Å². The number of benzene rings is 1. The first-order valence-corrected chi connectivity index (χ1v) is 12.9. The average molecular weight is 507 g/mol. The maximum atomic E-state index is 12.6. The van der Waals surface area contributed by atoms with Crippen molar-refractivity contribution in [3.63, 3.8) is 0 Å². The van der Waals surface area contributed by atoms with Crippen molar-refractivity contribution >= 4 is 47.0 Å². The number of hydrogen-bond donors (Lipinski definition) is 0. The molecular formula is C25H32Cl2N4O3. The van der Waals surface area contributed by atoms with E-state index >= 15 is 0 Å². The second-order valence-electron chi connectivity index (χ2n) is 9.26. The number of carbonyl (C=O) groups excluding carboxylic acids is 3. The molecule has 2 heterocycles. The Morgan fingerprint density at radius 2 is 1.65 bits per heavy atom. The van der Waals surface area contributed by atoms with Crippen LogP contribution in [-0.4, -0.2) is 96.2 Å². The van der Waals surface area contributed by atoms with Gasteiger partial charge < -0.3 is 14.7 Å². The molecule has 9 heteroatoms. The number of carbonyl (C=O) groups is 3. The second-order valence-corrected chi connectivity index (χ2v) is 10.1. The molecule has 0 atom stereocenters. The van der Waals surface area contributed by atoms with Gasteiger partial charge in [0.2, 0.25) is 17.7 Å². The average Bonchev–Trinajstić information content (AvgIpc) is 3.69. The molecule has 4 rings (SSSR count). The van der Waals surface area contributed by atoms with Gasteiger partial charge >= 0.3 is 0 Å². The fraction of sp³-hybridized carbons (Fsp3) is 0.560. The summed E-state index contributed by atoms with van der Waals surface area (Å²) in [7, 11) is 0. The number of halogens is 2. The molecule has 3 aliphatic rings. The van der Waals surface area contributed by atoms with E-state index in [1.165, 1.54) is 6.08 Å². The van der Waals surface area contributed by atoms with Crippen LogP contribution in [0.25, 0.3) is 6.08 Å². The Hall–Kier alpha value is -2.09. The van der Waals surface area contributed by atoms with Crippen molar-refractivity contribution in [2.75, 3.05) is 58.9 Å². The summed E-state index contributed by atoms with van der Waals surface area (Å²) in [5, 5.41) is 0.920. The van der Waals surface area contributed by atoms with Gasteiger partial charge in [-0.2, -0.15) is 0 Å². The predicted octanol–water partition coefficient (Wildman–Crippen LogP) is 3.01. The van der Waals surface area contributed by atoms with Gasteiger partial charge in [0.1, 0.15) is 0 Å². The Labute approximate surface area is 211 Å². The van der Waals surface area contributed by atoms with Crippen LogP contribution in [0.2, 0.25) is 10.0 Å². The maximum absolute atomic E-state index is 12.6. The van der Waals surface area contributed by atoms with Crippen LogP contribution < -0.4 is 0 Å². The van der Waals surface area contributed by atoms with Gasteiger partial charge in [-0.3, -0.25) is 19.3 Å². The SMILES string of the molecule is O=C(/C=C/c1ccc(Cl)c(Cl)c1)N1CCC(=O)N(CCCN2CCN(C(=O)C3CC3)CC2)CC1. The molecule has 3 amide bonds. The minimum atomic E-state index is -0.112. The normalized spacial score (nSPS) is 20.2. The van der Waals surface area contributed by atoms with E-state index in [2.05, 4.69) is 4.90 Å². The second kappa shape index (κ2) is 11.6. The van der Waals surface area contributed by atoms with E-state index in [1.54, 1.807) is 29.2 Å². The van der Waals surface area contributed by atoms with Gasteiger partial charge in [0.15, 0.2) is 0 Å². The van der Waals surface area contributed by atoms with Gasteiger partial charge in [-0.15, -0.1) is 0 Å². The molecule has 1 aromatic rings. The lowest BCUT2D eigenvalue weighted by Gasteiger charge is -2.35. The lowest BCUT2D eigenvalue weighted by atomic mass is 10.2. The van der Waals surface area contributed by atoms with Crippen LogP contribution in [0.5, 0.6) is 0 Å². The fourth-order valence-corrected chi connectivity index (χ4v) is 4.78. The summed E-state index contributed by atoms with van der Waals surface area (Å²) in [6, 6.07) is 5.22. The van der Waals surface area contributed by atoms with E-state index < -0.39 is 0 Å². The van der Waals surface area contributed by atoms with Crippen molar-refractivity contribution in [1.82, 2.24) is 19.6 Å². The Kier molecular flexibility index (Phi) is 8.51. The topological polar surface area (TPSA) is 64.2 Å². The van der Waals surface area contributed by atoms with Crippen molar-refractivity contribution in [1.29, 1.82) is 0 Å². The molecule has 34 heavy (non-hydrogen) atoms. The largest absolute Gasteiger partial charge is 0.341 e. The zero-order chi connectivity index (χ0) is 24.1. The van der Waals surface area contributed by atoms with Crippen LogP contribution in [0.4, 0.5) is 0 Å². The molecule has 3 fully saturated rings. The van der Waals surface area contributed by atoms with Crippen LogP contribution >= 0.6 is 23.2 Å². The summed E-state index contributed by atoms with van der Waals surface area (Å²) in [6.07, 6.45) is 6.58. The molecule has 2 aliphatic heterocycles. The standard InChI is InChI=1S/C25H32Cl2N4O3/c26-21-6-2-19(18-22(21)27)3-7-23(32)30-11-8-24(33)29(16-17-30)10-1-9-28-12-14-31(15-13-28)25(34)20-4-5-20/h2-3,6-7,18,20H,1,4-5,8-17H2/b7-3+. The molecule has 0 bridgehead atoms. The van der Waals surface area contributed by atoms with E-state index in [-0.39, 0.29) is 11.8 Å². The summed E-state index contributed by atoms with van der Waals surface area (Å²) >= 11 is 12.0. The molecule has 1 aromatic carbocycles. The van der Waals surface area contributed by atoms with Crippen LogP contribution in [-0.2, 0) is 14.4 Å². The van der Waals surface area contributed by atoms with E-state index in [1.807, 2.05) is 9.80 Å². The molecule has 0 spiro atoms. The van der Waals surface area contributed by atoms with Gasteiger partial charge in [0.05, 0.1) is 10.0 Å². The third-order valence-corrected chi connectivity index (χ3v) is 7.51. The first kappa shape index (κ1) is 25.0. The smallest absolute Gasteiger partial charge is 0.246 e. The molecule has 1 aliphatic carbocycles. The van der Waals surface area contributed by atoms with Gasteiger partial charge in [0, 0.05) is 70.8 Å². The minimum Gasteiger partial charge on any atom is -0.341 e. The molecule has 184 valence electrons. The quantitative estimate of drug-likeness (QED) is 0.533. The van der Waals surface area contributed by atoms with Crippen molar-refractivity contribution in [2.45, 2.75) is 25.7 Å². The monoisotopic (exact) mass is 506 g/mol. The Balaban J connectivity index is 1.18. The van der Waals surface area contributed by atoms with Crippen molar-refractivity contribution < 1.29 is 14.4 Å². The number of amides is 3. The highest BCUT2D eigenvalue weighted by molar-refractivity contribution is 6.42. The number of nitrogens with zero attached hydrogens (tertiary/aromatic N) is 4. The predicted molar refractivity (Wildman–Crippen MR) is 134 cm³/mol. The zero-order valence-electron chi connectivity index (χ0n) is 19.4. The summed E-state index contributed by atoms with van der Waals surface area (Å²) in [6.45, 7) is 6.55. The van der Waals surface area contributed by atoms with E-state index in [9.17, 15) is 14.4 Å². The van der Waals surface area contributed by atoms with Crippen LogP contribution in [0.3, 0.4) is 0 Å². The van der Waals surface area contributed by atoms with Gasteiger partial charge in [-0.1, -0.05) is 29.3 Å². The van der Waals surface area contributed by atoms with Crippen LogP contribution in [0.1, 0.15) is 31.2 Å². The Morgan fingerprint density at radius 1 is 0.912 bits per heavy atom. The van der Waals surface area contributed by atoms with E-state index in [0.29, 0.717) is 54.5 Å². The molecular weight excluding hydrogens is 475 g/mol. The van der Waals surface area contributed by atoms with Crippen molar-refractivity contribution in [2.24, 2.45) is 5.92 Å². The molecule has 1 saturated carbocycles. The molecule has 0 aromatic heterocycles. The molecule has 2 saturated heterocycles. The number of piperazine rings is 1. The lowest BCUT2D eigenvalue weighted by molar-refractivity contribution is -0.134. The highest BCUT2D eigenvalue weighted by Crippen LogP contribution is 2.31. The third kappa shape index (κ3) is 6.74. The number of hydrogen-bond acceptors (Lipinski definition) is 4. The van der Waals surface area contributed by atoms with Crippen molar-refractivity contribution in [3.8, 4) is 0 Å². The summed E-state index contributed by atoms with van der Waals surface area (Å²) in [5.74, 6) is 0.613. The maximum Gasteiger partial charge on any atom is 0.246 e. The van der Waals surface area contributed by atoms with Gasteiger partial charge in [0.25, 0.3) is 0 Å². The highest BCUT2D eigenvalue weighted by Gasteiger charge is 2.34. The zero-order valence-corrected chi connectivity index (χ0v) is 20.9. The van der Waals surface area contributed by atoms with Crippen LogP contribution in [0.15, 0.2) is 24.3 Å². The highest BCUT2D eigenvalue weighted by atomic mass is 35.5. The minimum absolute atomic E-state index is 0.101. The van der Waals surface area contributed by atoms with Gasteiger partial charge in [-0.25, -0.2) is 0 Å². The number of rotatable bonds is 7. The first-order chi connectivity index (χ1) is 16.4. The Morgan fingerprint density at radius 3 is 2.35 bits per heavy atom. The van der Waals surface area contributed by atoms with E-state index in [4.69, 9.17) is 23.2 Å². The molecule has 0 unspecified atom stereocenters. The third-order valence-electron chi connectivity index (χ3n) is 6.77. The summed E-state index contributed by atoms with van der Waals surface area (Å²) in [4.78, 5) is 45.4. The first-order valence-electron chi connectivity index (χ1n) is 12.1. The summed E-state index contributed by atoms with van der Waals surface area (Å²) in [5.41, 5.74) is 0.799. The lowest BCUT2D eigenvalue weighted by Crippen LogP contribution is -2.49. The molecule has 0 radical (unpaired) electrons. The molecule has 0 N–H and O–H groups in total. The van der Waals surface area contributed by atoms with Crippen LogP contribution in [0, 0.1) is 5.92 Å². The fourth-order valence-electron chi connectivity index (χ4n) is 4.48. The van der Waals surface area contributed by atoms with Crippen molar-refractivity contribution in [3.05, 3.63) is 39.9 Å². The van der Waals surface area contributed by atoms with E-state index in [0.717, 1.165) is 57.5 Å².